The van der Waals surface area contributed by atoms with Crippen LogP contribution in [0.4, 0.5) is 0 Å². The zero-order chi connectivity index (χ0) is 19.2. The fourth-order valence-electron chi connectivity index (χ4n) is 3.75. The molecule has 0 atom stereocenters. The first kappa shape index (κ1) is 19.8. The van der Waals surface area contributed by atoms with Gasteiger partial charge in [-0.2, -0.15) is 0 Å². The van der Waals surface area contributed by atoms with Gasteiger partial charge in [0.05, 0.1) is 24.0 Å². The van der Waals surface area contributed by atoms with E-state index in [1.165, 1.54) is 0 Å². The van der Waals surface area contributed by atoms with E-state index < -0.39 is 0 Å². The summed E-state index contributed by atoms with van der Waals surface area (Å²) >= 11 is 0. The van der Waals surface area contributed by atoms with E-state index in [-0.39, 0.29) is 11.9 Å². The van der Waals surface area contributed by atoms with Gasteiger partial charge in [0, 0.05) is 31.6 Å². The van der Waals surface area contributed by atoms with Crippen LogP contribution < -0.4 is 5.32 Å². The molecule has 1 N–H and O–H groups in total. The molecular formula is C21H31N3O3. The second kappa shape index (κ2) is 9.33. The van der Waals surface area contributed by atoms with Crippen molar-refractivity contribution in [1.82, 2.24) is 14.7 Å². The number of nitrogens with one attached hydrogen (secondary N) is 1. The Hall–Kier alpha value is -1.92. The number of methoxy groups -OCH3 is 1. The standard InChI is InChI=1S/C21H31N3O3/c1-4-5-12-27-18-8-6-16(7-9-18)23-21(25)19-10-11-24-17(14-26-3)13-15(2)22-20(19)24/h10-11,13,16,18H,4-9,12,14H2,1-3H3,(H,23,25). The number of aryl methyl sites for hydroxylation is 1. The van der Waals surface area contributed by atoms with Crippen LogP contribution in [0.25, 0.3) is 5.65 Å². The number of amides is 1. The largest absolute Gasteiger partial charge is 0.378 e. The number of ether oxygens (including phenoxy) is 2. The number of carbonyl (C=O) groups is 1. The number of aromatic nitrogens is 2. The Kier molecular flexibility index (Phi) is 6.85. The van der Waals surface area contributed by atoms with Crippen molar-refractivity contribution in [3.05, 3.63) is 35.3 Å². The molecular weight excluding hydrogens is 342 g/mol. The van der Waals surface area contributed by atoms with Gasteiger partial charge in [0.15, 0.2) is 0 Å². The van der Waals surface area contributed by atoms with Crippen LogP contribution in [0.15, 0.2) is 18.3 Å². The van der Waals surface area contributed by atoms with E-state index in [0.717, 1.165) is 56.5 Å². The van der Waals surface area contributed by atoms with Crippen LogP contribution in [0.2, 0.25) is 0 Å². The number of fused-ring (bicyclic) bond motifs is 1. The highest BCUT2D eigenvalue weighted by Crippen LogP contribution is 2.22. The van der Waals surface area contributed by atoms with Gasteiger partial charge in [0.25, 0.3) is 5.91 Å². The molecule has 1 aliphatic carbocycles. The van der Waals surface area contributed by atoms with Gasteiger partial charge in [0.1, 0.15) is 5.65 Å². The van der Waals surface area contributed by atoms with E-state index in [1.54, 1.807) is 7.11 Å². The van der Waals surface area contributed by atoms with Crippen molar-refractivity contribution in [2.45, 2.75) is 71.1 Å². The third kappa shape index (κ3) is 4.87. The number of hydrogen-bond acceptors (Lipinski definition) is 4. The number of carbonyl (C=O) groups excluding carboxylic acids is 1. The van der Waals surface area contributed by atoms with Crippen molar-refractivity contribution in [3.8, 4) is 0 Å². The Balaban J connectivity index is 1.62. The average Bonchev–Trinajstić information content (AvgIpc) is 3.07. The molecule has 2 aromatic heterocycles. The lowest BCUT2D eigenvalue weighted by Gasteiger charge is -2.29. The molecule has 0 aromatic carbocycles. The van der Waals surface area contributed by atoms with Gasteiger partial charge in [-0.25, -0.2) is 4.98 Å². The predicted molar refractivity (Wildman–Crippen MR) is 105 cm³/mol. The van der Waals surface area contributed by atoms with E-state index in [2.05, 4.69) is 17.2 Å². The summed E-state index contributed by atoms with van der Waals surface area (Å²) in [5.41, 5.74) is 3.18. The van der Waals surface area contributed by atoms with Crippen LogP contribution in [0.1, 0.15) is 67.2 Å². The summed E-state index contributed by atoms with van der Waals surface area (Å²) < 4.78 is 13.1. The Morgan fingerprint density at radius 3 is 2.81 bits per heavy atom. The van der Waals surface area contributed by atoms with Crippen LogP contribution in [0.5, 0.6) is 0 Å². The van der Waals surface area contributed by atoms with Crippen molar-refractivity contribution in [3.63, 3.8) is 0 Å². The van der Waals surface area contributed by atoms with Gasteiger partial charge in [-0.15, -0.1) is 0 Å². The molecule has 6 heteroatoms. The second-order valence-corrected chi connectivity index (χ2v) is 7.42. The maximum Gasteiger partial charge on any atom is 0.255 e. The minimum absolute atomic E-state index is 0.0469. The summed E-state index contributed by atoms with van der Waals surface area (Å²) in [7, 11) is 1.67. The monoisotopic (exact) mass is 373 g/mol. The minimum atomic E-state index is -0.0469. The minimum Gasteiger partial charge on any atom is -0.378 e. The molecule has 1 aliphatic rings. The quantitative estimate of drug-likeness (QED) is 0.718. The number of hydrogen-bond donors (Lipinski definition) is 1. The molecule has 148 valence electrons. The molecule has 0 saturated heterocycles. The van der Waals surface area contributed by atoms with Crippen LogP contribution in [0.3, 0.4) is 0 Å². The predicted octanol–water partition coefficient (Wildman–Crippen LogP) is 3.65. The highest BCUT2D eigenvalue weighted by atomic mass is 16.5. The number of unbranched alkanes of at least 4 members (excludes halogenated alkanes) is 1. The van der Waals surface area contributed by atoms with Crippen LogP contribution >= 0.6 is 0 Å². The smallest absolute Gasteiger partial charge is 0.255 e. The average molecular weight is 373 g/mol. The van der Waals surface area contributed by atoms with Crippen molar-refractivity contribution >= 4 is 11.6 Å². The third-order valence-corrected chi connectivity index (χ3v) is 5.22. The van der Waals surface area contributed by atoms with E-state index in [1.807, 2.05) is 29.7 Å². The Labute approximate surface area is 161 Å². The molecule has 2 aromatic rings. The van der Waals surface area contributed by atoms with E-state index in [9.17, 15) is 4.79 Å². The van der Waals surface area contributed by atoms with E-state index in [0.29, 0.717) is 23.9 Å². The van der Waals surface area contributed by atoms with Crippen LogP contribution in [0, 0.1) is 6.92 Å². The molecule has 2 heterocycles. The Bertz CT molecular complexity index is 763. The van der Waals surface area contributed by atoms with E-state index >= 15 is 0 Å². The highest BCUT2D eigenvalue weighted by Gasteiger charge is 2.24. The molecule has 6 nitrogen and oxygen atoms in total. The van der Waals surface area contributed by atoms with Gasteiger partial charge in [-0.1, -0.05) is 13.3 Å². The molecule has 1 amide bonds. The molecule has 0 aliphatic heterocycles. The van der Waals surface area contributed by atoms with Crippen molar-refractivity contribution in [2.75, 3.05) is 13.7 Å². The summed E-state index contributed by atoms with van der Waals surface area (Å²) in [6.45, 7) is 5.45. The summed E-state index contributed by atoms with van der Waals surface area (Å²) in [5.74, 6) is -0.0469. The van der Waals surface area contributed by atoms with Crippen molar-refractivity contribution in [1.29, 1.82) is 0 Å². The maximum atomic E-state index is 12.8. The summed E-state index contributed by atoms with van der Waals surface area (Å²) in [5, 5.41) is 3.19. The van der Waals surface area contributed by atoms with Crippen molar-refractivity contribution in [2.24, 2.45) is 0 Å². The topological polar surface area (TPSA) is 64.9 Å². The van der Waals surface area contributed by atoms with Gasteiger partial charge >= 0.3 is 0 Å². The summed E-state index contributed by atoms with van der Waals surface area (Å²) in [6, 6.07) is 4.04. The maximum absolute atomic E-state index is 12.8. The zero-order valence-corrected chi connectivity index (χ0v) is 16.7. The van der Waals surface area contributed by atoms with Gasteiger partial charge in [-0.3, -0.25) is 4.79 Å². The molecule has 0 spiro atoms. The third-order valence-electron chi connectivity index (χ3n) is 5.22. The molecule has 0 unspecified atom stereocenters. The molecule has 1 fully saturated rings. The first-order valence-electron chi connectivity index (χ1n) is 10.0. The summed E-state index contributed by atoms with van der Waals surface area (Å²) in [4.78, 5) is 17.4. The van der Waals surface area contributed by atoms with Crippen LogP contribution in [-0.4, -0.2) is 41.2 Å². The Morgan fingerprint density at radius 1 is 1.33 bits per heavy atom. The number of nitrogens with zero attached hydrogens (tertiary/aromatic N) is 2. The van der Waals surface area contributed by atoms with Gasteiger partial charge in [-0.05, 0) is 51.2 Å². The lowest BCUT2D eigenvalue weighted by molar-refractivity contribution is 0.0209. The molecule has 1 saturated carbocycles. The molecule has 27 heavy (non-hydrogen) atoms. The SMILES string of the molecule is CCCCOC1CCC(NC(=O)c2ccn3c(COC)cc(C)nc23)CC1. The van der Waals surface area contributed by atoms with Crippen molar-refractivity contribution < 1.29 is 14.3 Å². The zero-order valence-electron chi connectivity index (χ0n) is 16.7. The lowest BCUT2D eigenvalue weighted by atomic mass is 9.92. The fraction of sp³-hybridized carbons (Fsp3) is 0.619. The molecule has 0 radical (unpaired) electrons. The van der Waals surface area contributed by atoms with E-state index in [4.69, 9.17) is 9.47 Å². The van der Waals surface area contributed by atoms with Gasteiger partial charge in [0.2, 0.25) is 0 Å². The Morgan fingerprint density at radius 2 is 2.11 bits per heavy atom. The van der Waals surface area contributed by atoms with Gasteiger partial charge < -0.3 is 19.2 Å². The fourth-order valence-corrected chi connectivity index (χ4v) is 3.75. The molecule has 0 bridgehead atoms. The molecule has 3 rings (SSSR count). The van der Waals surface area contributed by atoms with Crippen LogP contribution in [-0.2, 0) is 16.1 Å². The summed E-state index contributed by atoms with van der Waals surface area (Å²) in [6.07, 6.45) is 8.49. The highest BCUT2D eigenvalue weighted by molar-refractivity contribution is 6.00. The lowest BCUT2D eigenvalue weighted by Crippen LogP contribution is -2.39. The number of rotatable bonds is 8. The first-order chi connectivity index (χ1) is 13.1. The first-order valence-corrected chi connectivity index (χ1v) is 10.0. The normalized spacial score (nSPS) is 20.1. The second-order valence-electron chi connectivity index (χ2n) is 7.42.